The Morgan fingerprint density at radius 2 is 2.05 bits per heavy atom. The molecule has 1 N–H and O–H groups in total. The zero-order chi connectivity index (χ0) is 13.2. The molecule has 0 aliphatic heterocycles. The van der Waals surface area contributed by atoms with Crippen molar-refractivity contribution in [2.75, 3.05) is 0 Å². The molecule has 1 aromatic heterocycles. The molecule has 2 aromatic rings. The van der Waals surface area contributed by atoms with Crippen LogP contribution in [0.5, 0.6) is 0 Å². The summed E-state index contributed by atoms with van der Waals surface area (Å²) in [6, 6.07) is 8.56. The third kappa shape index (κ3) is 3.32. The van der Waals surface area contributed by atoms with Crippen LogP contribution >= 0.6 is 22.9 Å². The summed E-state index contributed by atoms with van der Waals surface area (Å²) in [4.78, 5) is 0. The van der Waals surface area contributed by atoms with E-state index in [9.17, 15) is 0 Å². The maximum atomic E-state index is 5.95. The van der Waals surface area contributed by atoms with Gasteiger partial charge in [0.2, 0.25) is 0 Å². The molecule has 1 aromatic carbocycles. The van der Waals surface area contributed by atoms with Gasteiger partial charge in [0.1, 0.15) is 10.0 Å². The van der Waals surface area contributed by atoms with Gasteiger partial charge in [-0.2, -0.15) is 0 Å². The van der Waals surface area contributed by atoms with E-state index >= 15 is 0 Å². The van der Waals surface area contributed by atoms with Gasteiger partial charge in [-0.1, -0.05) is 23.7 Å². The summed E-state index contributed by atoms with van der Waals surface area (Å²) in [5.74, 6) is 0.746. The number of hydrogen-bond acceptors (Lipinski definition) is 4. The van der Waals surface area contributed by atoms with Gasteiger partial charge in [0.05, 0.1) is 6.54 Å². The fourth-order valence-corrected chi connectivity index (χ4v) is 3.05. The molecule has 3 rings (SSSR count). The predicted molar refractivity (Wildman–Crippen MR) is 78.4 cm³/mol. The molecule has 1 heterocycles. The van der Waals surface area contributed by atoms with Gasteiger partial charge in [0, 0.05) is 11.1 Å². The first-order valence-electron chi connectivity index (χ1n) is 6.50. The van der Waals surface area contributed by atoms with Crippen molar-refractivity contribution in [2.45, 2.75) is 32.4 Å². The van der Waals surface area contributed by atoms with Crippen LogP contribution in [0.25, 0.3) is 0 Å². The molecule has 5 heteroatoms. The third-order valence-corrected chi connectivity index (χ3v) is 4.45. The average Bonchev–Trinajstić information content (AvgIpc) is 3.15. The van der Waals surface area contributed by atoms with Crippen LogP contribution in [0.2, 0.25) is 5.02 Å². The van der Waals surface area contributed by atoms with Crippen LogP contribution in [-0.4, -0.2) is 10.2 Å². The second kappa shape index (κ2) is 5.57. The van der Waals surface area contributed by atoms with Crippen LogP contribution in [0.1, 0.15) is 34.5 Å². The zero-order valence-electron chi connectivity index (χ0n) is 10.8. The summed E-state index contributed by atoms with van der Waals surface area (Å²) in [6.07, 6.45) is 2.60. The largest absolute Gasteiger partial charge is 0.303 e. The van der Waals surface area contributed by atoms with Crippen molar-refractivity contribution in [3.8, 4) is 0 Å². The standard InChI is InChI=1S/C14H16ClN3S/c1-9-17-18-13(19-9)8-16-14(10-2-3-10)11-4-6-12(15)7-5-11/h4-7,10,14,16H,2-3,8H2,1H3. The Morgan fingerprint density at radius 3 is 2.63 bits per heavy atom. The molecule has 1 aliphatic carbocycles. The molecule has 1 aliphatic rings. The highest BCUT2D eigenvalue weighted by Crippen LogP contribution is 2.41. The van der Waals surface area contributed by atoms with Crippen LogP contribution in [0.3, 0.4) is 0 Å². The van der Waals surface area contributed by atoms with Gasteiger partial charge in [-0.15, -0.1) is 21.5 Å². The highest BCUT2D eigenvalue weighted by atomic mass is 35.5. The Kier molecular flexibility index (Phi) is 3.82. The van der Waals surface area contributed by atoms with Crippen LogP contribution in [-0.2, 0) is 6.54 Å². The first-order valence-corrected chi connectivity index (χ1v) is 7.69. The van der Waals surface area contributed by atoms with E-state index in [4.69, 9.17) is 11.6 Å². The number of hydrogen-bond donors (Lipinski definition) is 1. The molecule has 1 atom stereocenters. The normalized spacial score (nSPS) is 16.5. The fourth-order valence-electron chi connectivity index (χ4n) is 2.26. The predicted octanol–water partition coefficient (Wildman–Crippen LogP) is 3.74. The first-order chi connectivity index (χ1) is 9.22. The first kappa shape index (κ1) is 13.0. The van der Waals surface area contributed by atoms with Crippen molar-refractivity contribution in [2.24, 2.45) is 5.92 Å². The smallest absolute Gasteiger partial charge is 0.131 e. The van der Waals surface area contributed by atoms with Crippen molar-refractivity contribution >= 4 is 22.9 Å². The molecule has 0 radical (unpaired) electrons. The topological polar surface area (TPSA) is 37.8 Å². The number of aryl methyl sites for hydroxylation is 1. The van der Waals surface area contributed by atoms with Crippen molar-refractivity contribution < 1.29 is 0 Å². The minimum absolute atomic E-state index is 0.404. The quantitative estimate of drug-likeness (QED) is 0.912. The summed E-state index contributed by atoms with van der Waals surface area (Å²) in [5.41, 5.74) is 1.31. The van der Waals surface area contributed by atoms with Crippen molar-refractivity contribution in [3.05, 3.63) is 44.9 Å². The SMILES string of the molecule is Cc1nnc(CNC(c2ccc(Cl)cc2)C2CC2)s1. The maximum Gasteiger partial charge on any atom is 0.131 e. The monoisotopic (exact) mass is 293 g/mol. The van der Waals surface area contributed by atoms with E-state index in [1.165, 1.54) is 18.4 Å². The Labute approximate surface area is 122 Å². The van der Waals surface area contributed by atoms with Crippen LogP contribution in [0, 0.1) is 12.8 Å². The van der Waals surface area contributed by atoms with Gasteiger partial charge in [-0.3, -0.25) is 0 Å². The lowest BCUT2D eigenvalue weighted by molar-refractivity contribution is 0.478. The van der Waals surface area contributed by atoms with E-state index in [0.29, 0.717) is 6.04 Å². The molecular weight excluding hydrogens is 278 g/mol. The van der Waals surface area contributed by atoms with Crippen molar-refractivity contribution in [3.63, 3.8) is 0 Å². The van der Waals surface area contributed by atoms with Gasteiger partial charge in [0.15, 0.2) is 0 Å². The summed E-state index contributed by atoms with van der Waals surface area (Å²) in [6.45, 7) is 2.77. The number of rotatable bonds is 5. The van der Waals surface area contributed by atoms with Gasteiger partial charge in [0.25, 0.3) is 0 Å². The molecule has 100 valence electrons. The summed E-state index contributed by atoms with van der Waals surface area (Å²) >= 11 is 7.60. The molecule has 1 unspecified atom stereocenters. The lowest BCUT2D eigenvalue weighted by Gasteiger charge is -2.18. The summed E-state index contributed by atoms with van der Waals surface area (Å²) in [7, 11) is 0. The summed E-state index contributed by atoms with van der Waals surface area (Å²) in [5, 5.41) is 14.7. The van der Waals surface area contributed by atoms with E-state index in [0.717, 1.165) is 27.5 Å². The van der Waals surface area contributed by atoms with Crippen LogP contribution < -0.4 is 5.32 Å². The number of benzene rings is 1. The highest BCUT2D eigenvalue weighted by molar-refractivity contribution is 7.11. The minimum Gasteiger partial charge on any atom is -0.303 e. The molecule has 19 heavy (non-hydrogen) atoms. The van der Waals surface area contributed by atoms with E-state index in [-0.39, 0.29) is 0 Å². The molecular formula is C14H16ClN3S. The van der Waals surface area contributed by atoms with Crippen molar-refractivity contribution in [1.82, 2.24) is 15.5 Å². The van der Waals surface area contributed by atoms with Crippen LogP contribution in [0.4, 0.5) is 0 Å². The molecule has 0 amide bonds. The second-order valence-electron chi connectivity index (χ2n) is 4.96. The molecule has 0 spiro atoms. The van der Waals surface area contributed by atoms with E-state index in [1.54, 1.807) is 11.3 Å². The van der Waals surface area contributed by atoms with E-state index < -0.39 is 0 Å². The van der Waals surface area contributed by atoms with Gasteiger partial charge in [-0.25, -0.2) is 0 Å². The molecule has 1 fully saturated rings. The Morgan fingerprint density at radius 1 is 1.32 bits per heavy atom. The molecule has 1 saturated carbocycles. The van der Waals surface area contributed by atoms with Gasteiger partial charge >= 0.3 is 0 Å². The summed E-state index contributed by atoms with van der Waals surface area (Å²) < 4.78 is 0. The van der Waals surface area contributed by atoms with Gasteiger partial charge in [-0.05, 0) is 43.4 Å². The maximum absolute atomic E-state index is 5.95. The lowest BCUT2D eigenvalue weighted by Crippen LogP contribution is -2.22. The number of aromatic nitrogens is 2. The Hall–Kier alpha value is -0.970. The zero-order valence-corrected chi connectivity index (χ0v) is 12.3. The fraction of sp³-hybridized carbons (Fsp3) is 0.429. The lowest BCUT2D eigenvalue weighted by atomic mass is 10.0. The number of nitrogens with one attached hydrogen (secondary N) is 1. The molecule has 0 bridgehead atoms. The molecule has 0 saturated heterocycles. The Balaban J connectivity index is 1.69. The van der Waals surface area contributed by atoms with E-state index in [1.807, 2.05) is 19.1 Å². The van der Waals surface area contributed by atoms with Crippen LogP contribution in [0.15, 0.2) is 24.3 Å². The third-order valence-electron chi connectivity index (χ3n) is 3.36. The molecule has 3 nitrogen and oxygen atoms in total. The minimum atomic E-state index is 0.404. The average molecular weight is 294 g/mol. The highest BCUT2D eigenvalue weighted by Gasteiger charge is 2.32. The Bertz CT molecular complexity index is 548. The number of nitrogens with zero attached hydrogens (tertiary/aromatic N) is 2. The second-order valence-corrected chi connectivity index (χ2v) is 6.67. The van der Waals surface area contributed by atoms with Crippen molar-refractivity contribution in [1.29, 1.82) is 0 Å². The van der Waals surface area contributed by atoms with Gasteiger partial charge < -0.3 is 5.32 Å². The van der Waals surface area contributed by atoms with E-state index in [2.05, 4.69) is 27.6 Å². The number of halogens is 1.